The van der Waals surface area contributed by atoms with Crippen molar-refractivity contribution in [2.45, 2.75) is 65.8 Å². The predicted molar refractivity (Wildman–Crippen MR) is 99.8 cm³/mol. The SMILES string of the molecule is CC12CC3(C)CC(C)(C1)CC(COc1cc(CN)ncc1Br)(C2)C3. The van der Waals surface area contributed by atoms with E-state index in [4.69, 9.17) is 10.5 Å². The maximum atomic E-state index is 6.36. The van der Waals surface area contributed by atoms with E-state index in [9.17, 15) is 0 Å². The lowest BCUT2D eigenvalue weighted by Gasteiger charge is -2.69. The molecule has 4 heteroatoms. The minimum atomic E-state index is 0.332. The summed E-state index contributed by atoms with van der Waals surface area (Å²) in [5.74, 6) is 0.890. The van der Waals surface area contributed by atoms with Gasteiger partial charge in [-0.2, -0.15) is 0 Å². The van der Waals surface area contributed by atoms with Gasteiger partial charge in [0.1, 0.15) is 5.75 Å². The molecule has 2 N–H and O–H groups in total. The van der Waals surface area contributed by atoms with Gasteiger partial charge in [0.15, 0.2) is 0 Å². The first-order valence-electron chi connectivity index (χ1n) is 9.14. The van der Waals surface area contributed by atoms with Crippen molar-refractivity contribution < 1.29 is 4.74 Å². The summed E-state index contributed by atoms with van der Waals surface area (Å²) in [5, 5.41) is 0. The van der Waals surface area contributed by atoms with E-state index in [1.54, 1.807) is 6.20 Å². The molecule has 24 heavy (non-hydrogen) atoms. The zero-order valence-corrected chi connectivity index (χ0v) is 16.7. The number of pyridine rings is 1. The van der Waals surface area contributed by atoms with Gasteiger partial charge in [-0.1, -0.05) is 20.8 Å². The molecule has 0 radical (unpaired) electrons. The molecule has 0 aliphatic heterocycles. The third-order valence-electron chi connectivity index (χ3n) is 6.59. The maximum absolute atomic E-state index is 6.36. The van der Waals surface area contributed by atoms with E-state index in [1.807, 2.05) is 6.07 Å². The van der Waals surface area contributed by atoms with Crippen molar-refractivity contribution >= 4 is 15.9 Å². The summed E-state index contributed by atoms with van der Waals surface area (Å²) >= 11 is 3.57. The van der Waals surface area contributed by atoms with Crippen LogP contribution in [0.2, 0.25) is 0 Å². The molecule has 132 valence electrons. The monoisotopic (exact) mass is 392 g/mol. The Morgan fingerprint density at radius 2 is 1.58 bits per heavy atom. The van der Waals surface area contributed by atoms with E-state index < -0.39 is 0 Å². The van der Waals surface area contributed by atoms with Gasteiger partial charge in [-0.05, 0) is 70.7 Å². The molecule has 0 atom stereocenters. The fourth-order valence-electron chi connectivity index (χ4n) is 7.62. The van der Waals surface area contributed by atoms with Crippen molar-refractivity contribution in [1.82, 2.24) is 4.98 Å². The highest BCUT2D eigenvalue weighted by molar-refractivity contribution is 9.10. The van der Waals surface area contributed by atoms with E-state index in [0.29, 0.717) is 28.2 Å². The Labute approximate surface area is 153 Å². The van der Waals surface area contributed by atoms with Gasteiger partial charge in [-0.25, -0.2) is 0 Å². The van der Waals surface area contributed by atoms with E-state index in [0.717, 1.165) is 22.5 Å². The molecular formula is C20H29BrN2O. The number of hydrogen-bond donors (Lipinski definition) is 1. The van der Waals surface area contributed by atoms with Crippen LogP contribution in [0.15, 0.2) is 16.7 Å². The molecule has 4 saturated carbocycles. The van der Waals surface area contributed by atoms with Crippen LogP contribution < -0.4 is 10.5 Å². The summed E-state index contributed by atoms with van der Waals surface area (Å²) in [6.07, 6.45) is 9.95. The topological polar surface area (TPSA) is 48.1 Å². The molecule has 4 aliphatic rings. The fourth-order valence-corrected chi connectivity index (χ4v) is 7.96. The van der Waals surface area contributed by atoms with Crippen LogP contribution in [0.3, 0.4) is 0 Å². The summed E-state index contributed by atoms with van der Waals surface area (Å²) in [6.45, 7) is 8.82. The highest BCUT2D eigenvalue weighted by atomic mass is 79.9. The number of nitrogens with zero attached hydrogens (tertiary/aromatic N) is 1. The zero-order valence-electron chi connectivity index (χ0n) is 15.1. The number of hydrogen-bond acceptors (Lipinski definition) is 3. The van der Waals surface area contributed by atoms with Gasteiger partial charge in [0.25, 0.3) is 0 Å². The Morgan fingerprint density at radius 3 is 2.08 bits per heavy atom. The van der Waals surface area contributed by atoms with E-state index in [-0.39, 0.29) is 0 Å². The number of aromatic nitrogens is 1. The van der Waals surface area contributed by atoms with Gasteiger partial charge in [0.2, 0.25) is 0 Å². The first-order valence-corrected chi connectivity index (χ1v) is 9.93. The van der Waals surface area contributed by atoms with E-state index in [1.165, 1.54) is 38.5 Å². The lowest BCUT2D eigenvalue weighted by Crippen LogP contribution is -2.60. The molecule has 4 aliphatic carbocycles. The van der Waals surface area contributed by atoms with Crippen molar-refractivity contribution in [2.24, 2.45) is 27.4 Å². The molecule has 1 aromatic heterocycles. The standard InChI is InChI=1S/C20H29BrN2O/c1-17-7-18(2)9-19(3,8-17)12-20(10-17,11-18)13-24-16-4-14(5-22)23-6-15(16)21/h4,6H,5,7-13,22H2,1-3H3. The Morgan fingerprint density at radius 1 is 1.04 bits per heavy atom. The summed E-state index contributed by atoms with van der Waals surface area (Å²) in [6, 6.07) is 1.98. The molecular weight excluding hydrogens is 364 g/mol. The summed E-state index contributed by atoms with van der Waals surface area (Å²) in [4.78, 5) is 4.31. The van der Waals surface area contributed by atoms with Crippen LogP contribution in [0.4, 0.5) is 0 Å². The maximum Gasteiger partial charge on any atom is 0.136 e. The minimum absolute atomic E-state index is 0.332. The van der Waals surface area contributed by atoms with Crippen molar-refractivity contribution in [3.63, 3.8) is 0 Å². The van der Waals surface area contributed by atoms with Crippen LogP contribution >= 0.6 is 15.9 Å². The molecule has 0 unspecified atom stereocenters. The molecule has 4 bridgehead atoms. The number of nitrogens with two attached hydrogens (primary N) is 1. The Bertz CT molecular complexity index is 620. The molecule has 1 aromatic rings. The van der Waals surface area contributed by atoms with Gasteiger partial charge < -0.3 is 10.5 Å². The number of halogens is 1. The van der Waals surface area contributed by atoms with Crippen LogP contribution in [0.1, 0.15) is 65.0 Å². The van der Waals surface area contributed by atoms with E-state index in [2.05, 4.69) is 41.7 Å². The molecule has 0 aromatic carbocycles. The highest BCUT2D eigenvalue weighted by Gasteiger charge is 2.64. The van der Waals surface area contributed by atoms with Crippen LogP contribution in [-0.2, 0) is 6.54 Å². The summed E-state index contributed by atoms with van der Waals surface area (Å²) in [7, 11) is 0. The van der Waals surface area contributed by atoms with Crippen LogP contribution in [-0.4, -0.2) is 11.6 Å². The molecule has 0 spiro atoms. The third-order valence-corrected chi connectivity index (χ3v) is 7.18. The molecule has 1 heterocycles. The van der Waals surface area contributed by atoms with Crippen molar-refractivity contribution in [1.29, 1.82) is 0 Å². The average molecular weight is 393 g/mol. The van der Waals surface area contributed by atoms with E-state index >= 15 is 0 Å². The first kappa shape index (κ1) is 16.8. The van der Waals surface area contributed by atoms with Crippen molar-refractivity contribution in [3.8, 4) is 5.75 Å². The second-order valence-electron chi connectivity index (χ2n) is 10.1. The number of rotatable bonds is 4. The average Bonchev–Trinajstić information content (AvgIpc) is 2.41. The van der Waals surface area contributed by atoms with Gasteiger partial charge in [0, 0.05) is 24.2 Å². The lowest BCUT2D eigenvalue weighted by atomic mass is 9.36. The fraction of sp³-hybridized carbons (Fsp3) is 0.750. The number of ether oxygens (including phenoxy) is 1. The normalized spacial score (nSPS) is 43.2. The Kier molecular flexibility index (Phi) is 3.65. The molecule has 5 rings (SSSR count). The van der Waals surface area contributed by atoms with Crippen LogP contribution in [0, 0.1) is 21.7 Å². The summed E-state index contributed by atoms with van der Waals surface area (Å²) in [5.41, 5.74) is 8.44. The largest absolute Gasteiger partial charge is 0.492 e. The molecule has 3 nitrogen and oxygen atoms in total. The quantitative estimate of drug-likeness (QED) is 0.777. The highest BCUT2D eigenvalue weighted by Crippen LogP contribution is 2.73. The Balaban J connectivity index is 1.59. The van der Waals surface area contributed by atoms with Crippen LogP contribution in [0.25, 0.3) is 0 Å². The van der Waals surface area contributed by atoms with Gasteiger partial charge in [-0.15, -0.1) is 0 Å². The molecule has 4 fully saturated rings. The lowest BCUT2D eigenvalue weighted by molar-refractivity contribution is -0.192. The second kappa shape index (κ2) is 5.20. The van der Waals surface area contributed by atoms with Crippen LogP contribution in [0.5, 0.6) is 5.75 Å². The first-order chi connectivity index (χ1) is 11.2. The molecule has 0 saturated heterocycles. The predicted octanol–water partition coefficient (Wildman–Crippen LogP) is 5.07. The summed E-state index contributed by atoms with van der Waals surface area (Å²) < 4.78 is 7.28. The van der Waals surface area contributed by atoms with Gasteiger partial charge >= 0.3 is 0 Å². The second-order valence-corrected chi connectivity index (χ2v) is 10.9. The minimum Gasteiger partial charge on any atom is -0.492 e. The third kappa shape index (κ3) is 2.80. The van der Waals surface area contributed by atoms with Gasteiger partial charge in [-0.3, -0.25) is 4.98 Å². The van der Waals surface area contributed by atoms with Crippen molar-refractivity contribution in [2.75, 3.05) is 6.61 Å². The van der Waals surface area contributed by atoms with Gasteiger partial charge in [0.05, 0.1) is 16.8 Å². The zero-order chi connectivity index (χ0) is 17.2. The Hall–Kier alpha value is -0.610. The van der Waals surface area contributed by atoms with Crippen molar-refractivity contribution in [3.05, 3.63) is 22.4 Å². The molecule has 0 amide bonds. The smallest absolute Gasteiger partial charge is 0.136 e.